The molecule has 0 spiro atoms. The fourth-order valence-electron chi connectivity index (χ4n) is 2.65. The van der Waals surface area contributed by atoms with Crippen molar-refractivity contribution in [2.75, 3.05) is 5.88 Å². The van der Waals surface area contributed by atoms with Gasteiger partial charge < -0.3 is 0 Å². The number of benzene rings is 2. The first-order chi connectivity index (χ1) is 10.1. The Bertz CT molecular complexity index is 808. The summed E-state index contributed by atoms with van der Waals surface area (Å²) in [6.07, 6.45) is 0.746. The van der Waals surface area contributed by atoms with Crippen LogP contribution in [0.25, 0.3) is 16.7 Å². The van der Waals surface area contributed by atoms with Crippen LogP contribution in [-0.2, 0) is 6.42 Å². The second kappa shape index (κ2) is 5.82. The van der Waals surface area contributed by atoms with E-state index in [4.69, 9.17) is 16.6 Å². The van der Waals surface area contributed by atoms with Crippen molar-refractivity contribution < 1.29 is 0 Å². The predicted octanol–water partition coefficient (Wildman–Crippen LogP) is 5.19. The molecule has 0 bridgehead atoms. The molecule has 0 aliphatic carbocycles. The number of aromatic nitrogens is 2. The summed E-state index contributed by atoms with van der Waals surface area (Å²) in [5.74, 6) is 1.56. The van der Waals surface area contributed by atoms with Crippen molar-refractivity contribution in [3.05, 3.63) is 57.8 Å². The molecule has 0 amide bonds. The number of nitrogens with zero attached hydrogens (tertiary/aromatic N) is 2. The van der Waals surface area contributed by atoms with Gasteiger partial charge in [0.2, 0.25) is 0 Å². The van der Waals surface area contributed by atoms with Gasteiger partial charge in [0.15, 0.2) is 0 Å². The van der Waals surface area contributed by atoms with E-state index < -0.39 is 0 Å². The van der Waals surface area contributed by atoms with E-state index >= 15 is 0 Å². The van der Waals surface area contributed by atoms with E-state index in [1.165, 1.54) is 11.1 Å². The van der Waals surface area contributed by atoms with Gasteiger partial charge in [-0.05, 0) is 59.1 Å². The van der Waals surface area contributed by atoms with Gasteiger partial charge in [0, 0.05) is 16.8 Å². The minimum absolute atomic E-state index is 0.561. The van der Waals surface area contributed by atoms with Crippen molar-refractivity contribution in [1.29, 1.82) is 0 Å². The Morgan fingerprint density at radius 3 is 2.76 bits per heavy atom. The molecular weight excluding hydrogens is 348 g/mol. The van der Waals surface area contributed by atoms with Crippen LogP contribution in [-0.4, -0.2) is 15.4 Å². The summed E-state index contributed by atoms with van der Waals surface area (Å²) < 4.78 is 3.29. The van der Waals surface area contributed by atoms with Crippen LogP contribution in [0.3, 0.4) is 0 Å². The zero-order valence-electron chi connectivity index (χ0n) is 12.0. The first-order valence-corrected chi connectivity index (χ1v) is 8.24. The van der Waals surface area contributed by atoms with Gasteiger partial charge in [0.1, 0.15) is 5.82 Å². The van der Waals surface area contributed by atoms with Gasteiger partial charge in [0.25, 0.3) is 0 Å². The number of imidazole rings is 1. The highest BCUT2D eigenvalue weighted by molar-refractivity contribution is 9.10. The number of hydrogen-bond donors (Lipinski definition) is 0. The topological polar surface area (TPSA) is 17.8 Å². The van der Waals surface area contributed by atoms with Crippen molar-refractivity contribution in [1.82, 2.24) is 9.55 Å². The Kier molecular flexibility index (Phi) is 4.05. The molecule has 0 fully saturated rings. The van der Waals surface area contributed by atoms with E-state index in [-0.39, 0.29) is 0 Å². The van der Waals surface area contributed by atoms with Crippen molar-refractivity contribution in [2.45, 2.75) is 20.3 Å². The molecule has 108 valence electrons. The van der Waals surface area contributed by atoms with Gasteiger partial charge in [-0.25, -0.2) is 4.98 Å². The lowest BCUT2D eigenvalue weighted by Gasteiger charge is -2.13. The number of rotatable bonds is 3. The Labute approximate surface area is 137 Å². The number of alkyl halides is 1. The minimum atomic E-state index is 0.561. The number of fused-ring (bicyclic) bond motifs is 1. The third-order valence-electron chi connectivity index (χ3n) is 3.61. The normalized spacial score (nSPS) is 11.2. The number of para-hydroxylation sites is 1. The molecule has 4 heteroatoms. The Morgan fingerprint density at radius 2 is 2.00 bits per heavy atom. The summed E-state index contributed by atoms with van der Waals surface area (Å²) >= 11 is 9.63. The molecule has 2 nitrogen and oxygen atoms in total. The highest BCUT2D eigenvalue weighted by Gasteiger charge is 2.15. The lowest BCUT2D eigenvalue weighted by Crippen LogP contribution is -2.04. The molecule has 1 heterocycles. The monoisotopic (exact) mass is 362 g/mol. The average Bonchev–Trinajstić information content (AvgIpc) is 2.81. The van der Waals surface area contributed by atoms with Gasteiger partial charge in [-0.3, -0.25) is 4.57 Å². The lowest BCUT2D eigenvalue weighted by molar-refractivity contribution is 0.907. The maximum absolute atomic E-state index is 5.97. The number of aryl methyl sites for hydroxylation is 3. The number of hydrogen-bond acceptors (Lipinski definition) is 1. The van der Waals surface area contributed by atoms with Gasteiger partial charge in [-0.15, -0.1) is 11.6 Å². The van der Waals surface area contributed by atoms with Crippen molar-refractivity contribution >= 4 is 38.6 Å². The van der Waals surface area contributed by atoms with Crippen LogP contribution in [0.4, 0.5) is 0 Å². The summed E-state index contributed by atoms with van der Waals surface area (Å²) in [6, 6.07) is 12.6. The standard InChI is InChI=1S/C17H16BrClN2/c1-11-6-7-13(18)15(10-11)21-16(8-9-19)20-14-5-3-4-12(2)17(14)21/h3-7,10H,8-9H2,1-2H3. The zero-order chi connectivity index (χ0) is 15.0. The molecule has 3 aromatic rings. The summed E-state index contributed by atoms with van der Waals surface area (Å²) in [4.78, 5) is 4.77. The summed E-state index contributed by atoms with van der Waals surface area (Å²) in [5.41, 5.74) is 5.73. The van der Waals surface area contributed by atoms with E-state index in [9.17, 15) is 0 Å². The quantitative estimate of drug-likeness (QED) is 0.586. The van der Waals surface area contributed by atoms with E-state index in [1.807, 2.05) is 6.07 Å². The van der Waals surface area contributed by atoms with Crippen LogP contribution < -0.4 is 0 Å². The molecular formula is C17H16BrClN2. The maximum atomic E-state index is 5.97. The highest BCUT2D eigenvalue weighted by Crippen LogP contribution is 2.30. The molecule has 1 aromatic heterocycles. The molecule has 21 heavy (non-hydrogen) atoms. The summed E-state index contributed by atoms with van der Waals surface area (Å²) in [5, 5.41) is 0. The first-order valence-electron chi connectivity index (χ1n) is 6.91. The molecule has 0 N–H and O–H groups in total. The van der Waals surface area contributed by atoms with E-state index in [1.54, 1.807) is 0 Å². The van der Waals surface area contributed by atoms with E-state index in [0.29, 0.717) is 5.88 Å². The smallest absolute Gasteiger partial charge is 0.115 e. The third kappa shape index (κ3) is 2.60. The molecule has 0 aliphatic heterocycles. The first kappa shape index (κ1) is 14.6. The molecule has 0 saturated heterocycles. The lowest BCUT2D eigenvalue weighted by atomic mass is 10.2. The van der Waals surface area contributed by atoms with Gasteiger partial charge in [-0.2, -0.15) is 0 Å². The van der Waals surface area contributed by atoms with Crippen molar-refractivity contribution in [2.24, 2.45) is 0 Å². The molecule has 0 atom stereocenters. The highest BCUT2D eigenvalue weighted by atomic mass is 79.9. The Balaban J connectivity index is 2.38. The summed E-state index contributed by atoms with van der Waals surface area (Å²) in [7, 11) is 0. The van der Waals surface area contributed by atoms with Gasteiger partial charge >= 0.3 is 0 Å². The average molecular weight is 364 g/mol. The minimum Gasteiger partial charge on any atom is -0.295 e. The van der Waals surface area contributed by atoms with Crippen LogP contribution in [0.2, 0.25) is 0 Å². The van der Waals surface area contributed by atoms with Crippen LogP contribution in [0, 0.1) is 13.8 Å². The fourth-order valence-corrected chi connectivity index (χ4v) is 3.24. The molecule has 0 aliphatic rings. The molecule has 0 unspecified atom stereocenters. The van der Waals surface area contributed by atoms with Crippen LogP contribution in [0.5, 0.6) is 0 Å². The maximum Gasteiger partial charge on any atom is 0.115 e. The van der Waals surface area contributed by atoms with Crippen LogP contribution >= 0.6 is 27.5 Å². The van der Waals surface area contributed by atoms with Crippen LogP contribution in [0.1, 0.15) is 17.0 Å². The SMILES string of the molecule is Cc1ccc(Br)c(-n2c(CCCl)nc3cccc(C)c32)c1. The van der Waals surface area contributed by atoms with Gasteiger partial charge in [0.05, 0.1) is 16.7 Å². The Morgan fingerprint density at radius 1 is 1.19 bits per heavy atom. The molecule has 3 rings (SSSR count). The largest absolute Gasteiger partial charge is 0.295 e. The molecule has 2 aromatic carbocycles. The van der Waals surface area contributed by atoms with Crippen LogP contribution in [0.15, 0.2) is 40.9 Å². The summed E-state index contributed by atoms with van der Waals surface area (Å²) in [6.45, 7) is 4.22. The second-order valence-electron chi connectivity index (χ2n) is 5.20. The predicted molar refractivity (Wildman–Crippen MR) is 92.7 cm³/mol. The zero-order valence-corrected chi connectivity index (χ0v) is 14.4. The Hall–Kier alpha value is -1.32. The molecule has 0 saturated carbocycles. The third-order valence-corrected chi connectivity index (χ3v) is 4.47. The second-order valence-corrected chi connectivity index (χ2v) is 6.43. The van der Waals surface area contributed by atoms with Gasteiger partial charge in [-0.1, -0.05) is 18.2 Å². The van der Waals surface area contributed by atoms with Crippen molar-refractivity contribution in [3.8, 4) is 5.69 Å². The van der Waals surface area contributed by atoms with E-state index in [2.05, 4.69) is 64.7 Å². The van der Waals surface area contributed by atoms with Crippen molar-refractivity contribution in [3.63, 3.8) is 0 Å². The fraction of sp³-hybridized carbons (Fsp3) is 0.235. The molecule has 0 radical (unpaired) electrons. The number of halogens is 2. The van der Waals surface area contributed by atoms with E-state index in [0.717, 1.165) is 33.4 Å².